The SMILES string of the molecule is C=CCNc1ncnc(NN)c1N. The minimum Gasteiger partial charge on any atom is -0.393 e. The fourth-order valence-corrected chi connectivity index (χ4v) is 0.820. The second kappa shape index (κ2) is 4.27. The van der Waals surface area contributed by atoms with Gasteiger partial charge in [-0.15, -0.1) is 6.58 Å². The van der Waals surface area contributed by atoms with Gasteiger partial charge in [0.05, 0.1) is 0 Å². The summed E-state index contributed by atoms with van der Waals surface area (Å²) in [6.07, 6.45) is 3.08. The van der Waals surface area contributed by atoms with Crippen LogP contribution in [0.15, 0.2) is 19.0 Å². The zero-order chi connectivity index (χ0) is 9.68. The van der Waals surface area contributed by atoms with Crippen molar-refractivity contribution in [3.63, 3.8) is 0 Å². The summed E-state index contributed by atoms with van der Waals surface area (Å²) in [5.41, 5.74) is 8.44. The Bertz CT molecular complexity index is 297. The number of nitrogens with one attached hydrogen (secondary N) is 2. The lowest BCUT2D eigenvalue weighted by atomic mass is 10.4. The van der Waals surface area contributed by atoms with E-state index in [2.05, 4.69) is 27.3 Å². The van der Waals surface area contributed by atoms with E-state index in [4.69, 9.17) is 11.6 Å². The lowest BCUT2D eigenvalue weighted by molar-refractivity contribution is 1.12. The number of anilines is 3. The molecule has 0 bridgehead atoms. The van der Waals surface area contributed by atoms with Crippen LogP contribution in [-0.4, -0.2) is 16.5 Å². The van der Waals surface area contributed by atoms with Gasteiger partial charge in [0, 0.05) is 6.54 Å². The van der Waals surface area contributed by atoms with Crippen molar-refractivity contribution >= 4 is 17.3 Å². The highest BCUT2D eigenvalue weighted by Crippen LogP contribution is 2.20. The van der Waals surface area contributed by atoms with Gasteiger partial charge in [-0.2, -0.15) is 0 Å². The highest BCUT2D eigenvalue weighted by atomic mass is 15.3. The van der Waals surface area contributed by atoms with Gasteiger partial charge in [0.2, 0.25) is 0 Å². The van der Waals surface area contributed by atoms with E-state index in [1.165, 1.54) is 6.33 Å². The van der Waals surface area contributed by atoms with Gasteiger partial charge in [-0.05, 0) is 0 Å². The smallest absolute Gasteiger partial charge is 0.168 e. The first-order valence-corrected chi connectivity index (χ1v) is 3.71. The van der Waals surface area contributed by atoms with E-state index in [9.17, 15) is 0 Å². The molecule has 0 aliphatic carbocycles. The van der Waals surface area contributed by atoms with E-state index in [0.717, 1.165) is 0 Å². The summed E-state index contributed by atoms with van der Waals surface area (Å²) in [5, 5.41) is 2.95. The predicted molar refractivity (Wildman–Crippen MR) is 52.9 cm³/mol. The van der Waals surface area contributed by atoms with Crippen LogP contribution in [0.1, 0.15) is 0 Å². The molecule has 0 saturated heterocycles. The van der Waals surface area contributed by atoms with Crippen molar-refractivity contribution in [2.24, 2.45) is 5.84 Å². The monoisotopic (exact) mass is 180 g/mol. The fourth-order valence-electron chi connectivity index (χ4n) is 0.820. The van der Waals surface area contributed by atoms with E-state index in [-0.39, 0.29) is 0 Å². The molecule has 13 heavy (non-hydrogen) atoms. The lowest BCUT2D eigenvalue weighted by Gasteiger charge is -2.08. The summed E-state index contributed by atoms with van der Waals surface area (Å²) in [6.45, 7) is 4.15. The van der Waals surface area contributed by atoms with Gasteiger partial charge in [0.1, 0.15) is 12.0 Å². The lowest BCUT2D eigenvalue weighted by Crippen LogP contribution is -2.13. The van der Waals surface area contributed by atoms with E-state index >= 15 is 0 Å². The molecule has 1 rings (SSSR count). The van der Waals surface area contributed by atoms with Gasteiger partial charge in [0.25, 0.3) is 0 Å². The van der Waals surface area contributed by atoms with Crippen LogP contribution < -0.4 is 22.3 Å². The molecule has 0 atom stereocenters. The van der Waals surface area contributed by atoms with E-state index in [1.54, 1.807) is 6.08 Å². The average Bonchev–Trinajstić information content (AvgIpc) is 2.16. The Morgan fingerprint density at radius 1 is 1.46 bits per heavy atom. The molecule has 0 fully saturated rings. The Labute approximate surface area is 76.0 Å². The number of nitrogens with two attached hydrogens (primary N) is 2. The average molecular weight is 180 g/mol. The maximum Gasteiger partial charge on any atom is 0.168 e. The normalized spacial score (nSPS) is 9.31. The van der Waals surface area contributed by atoms with Crippen LogP contribution in [0.25, 0.3) is 0 Å². The van der Waals surface area contributed by atoms with Crippen LogP contribution in [0.3, 0.4) is 0 Å². The molecule has 6 heteroatoms. The van der Waals surface area contributed by atoms with Crippen molar-refractivity contribution in [1.82, 2.24) is 9.97 Å². The second-order valence-corrected chi connectivity index (χ2v) is 2.30. The minimum absolute atomic E-state index is 0.395. The maximum absolute atomic E-state index is 5.67. The molecule has 1 aromatic heterocycles. The summed E-state index contributed by atoms with van der Waals surface area (Å²) in [4.78, 5) is 7.76. The molecular formula is C7H12N6. The number of hydrogen-bond acceptors (Lipinski definition) is 6. The number of aromatic nitrogens is 2. The fraction of sp³-hybridized carbons (Fsp3) is 0.143. The molecule has 1 aromatic rings. The number of hydrogen-bond donors (Lipinski definition) is 4. The Kier molecular flexibility index (Phi) is 3.04. The molecule has 0 unspecified atom stereocenters. The standard InChI is InChI=1S/C7H12N6/c1-2-3-10-6-5(8)7(13-9)12-4-11-6/h2,4H,1,3,8-9H2,(H2,10,11,12,13). The van der Waals surface area contributed by atoms with Crippen LogP contribution in [0.5, 0.6) is 0 Å². The molecular weight excluding hydrogens is 168 g/mol. The first-order valence-electron chi connectivity index (χ1n) is 3.71. The zero-order valence-corrected chi connectivity index (χ0v) is 7.12. The second-order valence-electron chi connectivity index (χ2n) is 2.30. The van der Waals surface area contributed by atoms with E-state index in [0.29, 0.717) is 23.9 Å². The third-order valence-corrected chi connectivity index (χ3v) is 1.43. The molecule has 0 aromatic carbocycles. The molecule has 0 aliphatic heterocycles. The highest BCUT2D eigenvalue weighted by Gasteiger charge is 2.04. The summed E-state index contributed by atoms with van der Waals surface area (Å²) in [5.74, 6) is 6.13. The van der Waals surface area contributed by atoms with Crippen molar-refractivity contribution in [3.05, 3.63) is 19.0 Å². The Morgan fingerprint density at radius 3 is 2.77 bits per heavy atom. The van der Waals surface area contributed by atoms with Crippen molar-refractivity contribution in [1.29, 1.82) is 0 Å². The Balaban J connectivity index is 2.87. The molecule has 6 nitrogen and oxygen atoms in total. The predicted octanol–water partition coefficient (Wildman–Crippen LogP) is -0.0577. The third-order valence-electron chi connectivity index (χ3n) is 1.43. The molecule has 0 aliphatic rings. The molecule has 0 saturated carbocycles. The first kappa shape index (κ1) is 9.27. The quantitative estimate of drug-likeness (QED) is 0.294. The minimum atomic E-state index is 0.395. The molecule has 0 spiro atoms. The number of nitrogen functional groups attached to an aromatic ring is 2. The third kappa shape index (κ3) is 2.06. The highest BCUT2D eigenvalue weighted by molar-refractivity contribution is 5.73. The number of rotatable bonds is 4. The van der Waals surface area contributed by atoms with Gasteiger partial charge >= 0.3 is 0 Å². The largest absolute Gasteiger partial charge is 0.393 e. The van der Waals surface area contributed by atoms with Gasteiger partial charge in [-0.1, -0.05) is 6.08 Å². The van der Waals surface area contributed by atoms with Crippen LogP contribution >= 0.6 is 0 Å². The number of nitrogens with zero attached hydrogens (tertiary/aromatic N) is 2. The van der Waals surface area contributed by atoms with Crippen molar-refractivity contribution < 1.29 is 0 Å². The van der Waals surface area contributed by atoms with E-state index in [1.807, 2.05) is 0 Å². The van der Waals surface area contributed by atoms with Crippen LogP contribution in [0, 0.1) is 0 Å². The van der Waals surface area contributed by atoms with Crippen LogP contribution in [-0.2, 0) is 0 Å². The first-order chi connectivity index (χ1) is 6.29. The molecule has 0 radical (unpaired) electrons. The molecule has 6 N–H and O–H groups in total. The zero-order valence-electron chi connectivity index (χ0n) is 7.12. The van der Waals surface area contributed by atoms with Crippen molar-refractivity contribution in [2.45, 2.75) is 0 Å². The van der Waals surface area contributed by atoms with Crippen molar-refractivity contribution in [2.75, 3.05) is 23.0 Å². The van der Waals surface area contributed by atoms with E-state index < -0.39 is 0 Å². The summed E-state index contributed by atoms with van der Waals surface area (Å²) in [7, 11) is 0. The van der Waals surface area contributed by atoms with Gasteiger partial charge in [0.15, 0.2) is 11.6 Å². The molecule has 1 heterocycles. The van der Waals surface area contributed by atoms with Crippen LogP contribution in [0.4, 0.5) is 17.3 Å². The summed E-state index contributed by atoms with van der Waals surface area (Å²) in [6, 6.07) is 0. The topological polar surface area (TPSA) is 102 Å². The molecule has 0 amide bonds. The summed E-state index contributed by atoms with van der Waals surface area (Å²) < 4.78 is 0. The van der Waals surface area contributed by atoms with Crippen LogP contribution in [0.2, 0.25) is 0 Å². The van der Waals surface area contributed by atoms with Gasteiger partial charge in [-0.3, -0.25) is 0 Å². The maximum atomic E-state index is 5.67. The Morgan fingerprint density at radius 2 is 2.15 bits per heavy atom. The number of hydrazine groups is 1. The summed E-state index contributed by atoms with van der Waals surface area (Å²) >= 11 is 0. The Hall–Kier alpha value is -1.82. The van der Waals surface area contributed by atoms with Crippen molar-refractivity contribution in [3.8, 4) is 0 Å². The van der Waals surface area contributed by atoms with Gasteiger partial charge < -0.3 is 16.5 Å². The van der Waals surface area contributed by atoms with Gasteiger partial charge in [-0.25, -0.2) is 15.8 Å². The molecule has 70 valence electrons.